The molecule has 162 valence electrons. The van der Waals surface area contributed by atoms with Gasteiger partial charge in [0.15, 0.2) is 0 Å². The van der Waals surface area contributed by atoms with Crippen LogP contribution in [0.3, 0.4) is 0 Å². The number of rotatable bonds is 6. The number of ether oxygens (including phenoxy) is 1. The molecule has 0 aliphatic rings. The van der Waals surface area contributed by atoms with Gasteiger partial charge in [0, 0.05) is 29.9 Å². The topological polar surface area (TPSA) is 90.1 Å². The zero-order valence-corrected chi connectivity index (χ0v) is 17.9. The number of fused-ring (bicyclic) bond motifs is 1. The van der Waals surface area contributed by atoms with E-state index in [2.05, 4.69) is 20.4 Å². The minimum atomic E-state index is -0.408. The summed E-state index contributed by atoms with van der Waals surface area (Å²) in [6, 6.07) is 23.2. The Labute approximate surface area is 190 Å². The maximum Gasteiger partial charge on any atom is 0.292 e. The van der Waals surface area contributed by atoms with Crippen LogP contribution in [-0.2, 0) is 6.54 Å². The number of carbonyl (C=O) groups is 1. The van der Waals surface area contributed by atoms with Crippen LogP contribution < -0.4 is 10.1 Å². The lowest BCUT2D eigenvalue weighted by molar-refractivity contribution is 0.0937. The summed E-state index contributed by atoms with van der Waals surface area (Å²) in [5, 5.41) is 8.69. The van der Waals surface area contributed by atoms with Crippen molar-refractivity contribution >= 4 is 16.7 Å². The second kappa shape index (κ2) is 8.92. The molecule has 0 bridgehead atoms. The van der Waals surface area contributed by atoms with E-state index < -0.39 is 5.91 Å². The zero-order valence-electron chi connectivity index (χ0n) is 17.9. The lowest BCUT2D eigenvalue weighted by Gasteiger charge is -2.12. The van der Waals surface area contributed by atoms with Crippen molar-refractivity contribution in [2.45, 2.75) is 6.54 Å². The van der Waals surface area contributed by atoms with Crippen LogP contribution in [0.1, 0.15) is 16.2 Å². The highest BCUT2D eigenvalue weighted by Crippen LogP contribution is 2.32. The van der Waals surface area contributed by atoms with Crippen LogP contribution in [0.5, 0.6) is 5.75 Å². The van der Waals surface area contributed by atoms with Gasteiger partial charge in [0.25, 0.3) is 17.6 Å². The minimum absolute atomic E-state index is 0.00992. The predicted molar refractivity (Wildman–Crippen MR) is 125 cm³/mol. The maximum absolute atomic E-state index is 12.6. The average Bonchev–Trinajstić information content (AvgIpc) is 3.38. The first-order chi connectivity index (χ1) is 16.2. The molecule has 0 aliphatic heterocycles. The van der Waals surface area contributed by atoms with Crippen molar-refractivity contribution in [3.8, 4) is 28.3 Å². The first kappa shape index (κ1) is 20.4. The molecule has 0 aliphatic carbocycles. The minimum Gasteiger partial charge on any atom is -0.497 e. The highest BCUT2D eigenvalue weighted by Gasteiger charge is 2.16. The monoisotopic (exact) mass is 436 g/mol. The van der Waals surface area contributed by atoms with E-state index in [0.717, 1.165) is 38.8 Å². The molecule has 0 spiro atoms. The lowest BCUT2D eigenvalue weighted by Crippen LogP contribution is -2.24. The van der Waals surface area contributed by atoms with Crippen molar-refractivity contribution in [1.82, 2.24) is 20.4 Å². The van der Waals surface area contributed by atoms with Gasteiger partial charge in [-0.25, -0.2) is 0 Å². The molecule has 0 saturated heterocycles. The van der Waals surface area contributed by atoms with Gasteiger partial charge in [-0.3, -0.25) is 9.78 Å². The molecule has 0 radical (unpaired) electrons. The summed E-state index contributed by atoms with van der Waals surface area (Å²) in [6.07, 6.45) is 3.57. The van der Waals surface area contributed by atoms with Crippen LogP contribution in [-0.4, -0.2) is 28.1 Å². The van der Waals surface area contributed by atoms with E-state index in [1.807, 2.05) is 79.0 Å². The third-order valence-electron chi connectivity index (χ3n) is 5.38. The van der Waals surface area contributed by atoms with E-state index in [-0.39, 0.29) is 5.82 Å². The highest BCUT2D eigenvalue weighted by atomic mass is 16.5. The molecule has 1 N–H and O–H groups in total. The van der Waals surface area contributed by atoms with Crippen LogP contribution >= 0.6 is 0 Å². The fraction of sp³-hybridized carbons (Fsp3) is 0.0769. The molecule has 1 amide bonds. The zero-order chi connectivity index (χ0) is 22.6. The summed E-state index contributed by atoms with van der Waals surface area (Å²) in [4.78, 5) is 21.1. The molecule has 0 unspecified atom stereocenters. The predicted octanol–water partition coefficient (Wildman–Crippen LogP) is 4.89. The first-order valence-electron chi connectivity index (χ1n) is 10.4. The Bertz CT molecular complexity index is 1430. The summed E-state index contributed by atoms with van der Waals surface area (Å²) >= 11 is 0. The lowest BCUT2D eigenvalue weighted by atomic mass is 9.96. The third-order valence-corrected chi connectivity index (χ3v) is 5.38. The molecule has 7 nitrogen and oxygen atoms in total. The number of nitrogens with one attached hydrogen (secondary N) is 1. The van der Waals surface area contributed by atoms with Crippen molar-refractivity contribution in [1.29, 1.82) is 0 Å². The molecule has 2 heterocycles. The summed E-state index contributed by atoms with van der Waals surface area (Å²) in [5.41, 5.74) is 3.80. The molecular formula is C26H20N4O3. The van der Waals surface area contributed by atoms with E-state index in [1.165, 1.54) is 0 Å². The molecule has 5 rings (SSSR count). The van der Waals surface area contributed by atoms with Crippen LogP contribution in [0.2, 0.25) is 0 Å². The van der Waals surface area contributed by atoms with E-state index in [9.17, 15) is 4.79 Å². The standard InChI is InChI=1S/C26H20N4O3/c1-32-20-9-5-8-18(14-20)21-11-10-19(23-16-27-13-12-22(21)23)15-28-25(31)24-29-26(33-30-24)17-6-3-2-4-7-17/h2-14,16H,15H2,1H3,(H,28,31). The van der Waals surface area contributed by atoms with Crippen LogP contribution in [0.4, 0.5) is 0 Å². The SMILES string of the molecule is COc1cccc(-c2ccc(CNC(=O)c3noc(-c4ccccc4)n3)c3cnccc23)c1. The third kappa shape index (κ3) is 4.16. The molecule has 0 saturated carbocycles. The Morgan fingerprint density at radius 3 is 2.67 bits per heavy atom. The number of carbonyl (C=O) groups excluding carboxylic acids is 1. The van der Waals surface area contributed by atoms with Crippen LogP contribution in [0.15, 0.2) is 89.7 Å². The number of nitrogens with zero attached hydrogens (tertiary/aromatic N) is 3. The van der Waals surface area contributed by atoms with Gasteiger partial charge in [-0.15, -0.1) is 0 Å². The van der Waals surface area contributed by atoms with Gasteiger partial charge in [0.2, 0.25) is 0 Å². The fourth-order valence-corrected chi connectivity index (χ4v) is 3.71. The normalized spacial score (nSPS) is 10.8. The molecule has 3 aromatic carbocycles. The van der Waals surface area contributed by atoms with E-state index in [1.54, 1.807) is 13.3 Å². The van der Waals surface area contributed by atoms with E-state index >= 15 is 0 Å². The second-order valence-electron chi connectivity index (χ2n) is 7.40. The maximum atomic E-state index is 12.6. The molecule has 0 fully saturated rings. The number of benzene rings is 3. The van der Waals surface area contributed by atoms with Gasteiger partial charge >= 0.3 is 0 Å². The molecule has 33 heavy (non-hydrogen) atoms. The van der Waals surface area contributed by atoms with Gasteiger partial charge in [-0.05, 0) is 52.4 Å². The average molecular weight is 436 g/mol. The van der Waals surface area contributed by atoms with Gasteiger partial charge in [0.1, 0.15) is 5.75 Å². The Balaban J connectivity index is 1.39. The number of aromatic nitrogens is 3. The van der Waals surface area contributed by atoms with Crippen molar-refractivity contribution in [3.05, 3.63) is 96.6 Å². The van der Waals surface area contributed by atoms with Crippen LogP contribution in [0.25, 0.3) is 33.4 Å². The Hall–Kier alpha value is -4.52. The number of amides is 1. The first-order valence-corrected chi connectivity index (χ1v) is 10.4. The number of pyridine rings is 1. The van der Waals surface area contributed by atoms with Gasteiger partial charge < -0.3 is 14.6 Å². The Morgan fingerprint density at radius 2 is 1.82 bits per heavy atom. The summed E-state index contributed by atoms with van der Waals surface area (Å²) in [5.74, 6) is 0.679. The number of hydrogen-bond acceptors (Lipinski definition) is 6. The number of hydrogen-bond donors (Lipinski definition) is 1. The Morgan fingerprint density at radius 1 is 0.970 bits per heavy atom. The van der Waals surface area contributed by atoms with E-state index in [4.69, 9.17) is 9.26 Å². The smallest absolute Gasteiger partial charge is 0.292 e. The van der Waals surface area contributed by atoms with Gasteiger partial charge in [0.05, 0.1) is 7.11 Å². The Kier molecular flexibility index (Phi) is 5.51. The molecular weight excluding hydrogens is 416 g/mol. The second-order valence-corrected chi connectivity index (χ2v) is 7.40. The fourth-order valence-electron chi connectivity index (χ4n) is 3.71. The van der Waals surface area contributed by atoms with Crippen LogP contribution in [0, 0.1) is 0 Å². The van der Waals surface area contributed by atoms with Gasteiger partial charge in [-0.2, -0.15) is 4.98 Å². The summed E-state index contributed by atoms with van der Waals surface area (Å²) < 4.78 is 10.6. The highest BCUT2D eigenvalue weighted by molar-refractivity contribution is 5.98. The number of methoxy groups -OCH3 is 1. The summed E-state index contributed by atoms with van der Waals surface area (Å²) in [6.45, 7) is 0.300. The van der Waals surface area contributed by atoms with Crippen molar-refractivity contribution < 1.29 is 14.1 Å². The van der Waals surface area contributed by atoms with Gasteiger partial charge in [-0.1, -0.05) is 47.6 Å². The molecule has 2 aromatic heterocycles. The largest absolute Gasteiger partial charge is 0.497 e. The van der Waals surface area contributed by atoms with E-state index in [0.29, 0.717) is 12.4 Å². The molecule has 7 heteroatoms. The summed E-state index contributed by atoms with van der Waals surface area (Å²) in [7, 11) is 1.65. The molecule has 0 atom stereocenters. The van der Waals surface area contributed by atoms with Crippen molar-refractivity contribution in [2.75, 3.05) is 7.11 Å². The van der Waals surface area contributed by atoms with Crippen molar-refractivity contribution in [2.24, 2.45) is 0 Å². The quantitative estimate of drug-likeness (QED) is 0.408. The molecule has 5 aromatic rings. The van der Waals surface area contributed by atoms with Crippen molar-refractivity contribution in [3.63, 3.8) is 0 Å².